The molecule has 0 aliphatic rings. The summed E-state index contributed by atoms with van der Waals surface area (Å²) in [5.74, 6) is 0.281. The first-order valence-electron chi connectivity index (χ1n) is 7.48. The van der Waals surface area contributed by atoms with Gasteiger partial charge in [0.2, 0.25) is 5.91 Å². The van der Waals surface area contributed by atoms with Gasteiger partial charge in [0.15, 0.2) is 0 Å². The highest BCUT2D eigenvalue weighted by Gasteiger charge is 2.05. The van der Waals surface area contributed by atoms with Gasteiger partial charge >= 0.3 is 0 Å². The van der Waals surface area contributed by atoms with Gasteiger partial charge in [-0.1, -0.05) is 18.2 Å². The van der Waals surface area contributed by atoms with Crippen LogP contribution in [0.2, 0.25) is 0 Å². The van der Waals surface area contributed by atoms with Gasteiger partial charge in [0.25, 0.3) is 5.91 Å². The minimum absolute atomic E-state index is 0.151. The van der Waals surface area contributed by atoms with E-state index in [2.05, 4.69) is 15.8 Å². The second-order valence-electron chi connectivity index (χ2n) is 4.94. The van der Waals surface area contributed by atoms with Gasteiger partial charge in [-0.3, -0.25) is 9.59 Å². The summed E-state index contributed by atoms with van der Waals surface area (Å²) in [6.45, 7) is 0.248. The summed E-state index contributed by atoms with van der Waals surface area (Å²) < 4.78 is 5.06. The molecule has 6 heteroatoms. The number of hydrazone groups is 1. The van der Waals surface area contributed by atoms with Crippen molar-refractivity contribution < 1.29 is 14.3 Å². The lowest BCUT2D eigenvalue weighted by atomic mass is 10.2. The van der Waals surface area contributed by atoms with Gasteiger partial charge in [0, 0.05) is 18.5 Å². The molecule has 2 amide bonds. The van der Waals surface area contributed by atoms with E-state index in [-0.39, 0.29) is 24.8 Å². The monoisotopic (exact) mass is 325 g/mol. The van der Waals surface area contributed by atoms with Gasteiger partial charge in [-0.05, 0) is 42.0 Å². The first-order chi connectivity index (χ1) is 11.7. The average Bonchev–Trinajstić information content (AvgIpc) is 2.63. The fourth-order valence-electron chi connectivity index (χ4n) is 1.91. The van der Waals surface area contributed by atoms with Crippen LogP contribution >= 0.6 is 0 Å². The molecule has 0 fully saturated rings. The van der Waals surface area contributed by atoms with E-state index in [4.69, 9.17) is 4.74 Å². The Bertz CT molecular complexity index is 697. The number of carbonyl (C=O) groups is 2. The molecule has 24 heavy (non-hydrogen) atoms. The second kappa shape index (κ2) is 9.09. The number of methoxy groups -OCH3 is 1. The Morgan fingerprint density at radius 3 is 2.46 bits per heavy atom. The van der Waals surface area contributed by atoms with Crippen LogP contribution in [0.3, 0.4) is 0 Å². The number of rotatable bonds is 7. The first kappa shape index (κ1) is 17.2. The normalized spacial score (nSPS) is 10.4. The molecule has 0 aromatic heterocycles. The van der Waals surface area contributed by atoms with Gasteiger partial charge < -0.3 is 10.1 Å². The van der Waals surface area contributed by atoms with E-state index in [0.29, 0.717) is 5.56 Å². The number of hydrogen-bond acceptors (Lipinski definition) is 4. The third-order valence-electron chi connectivity index (χ3n) is 3.19. The van der Waals surface area contributed by atoms with Gasteiger partial charge in [-0.2, -0.15) is 5.10 Å². The Morgan fingerprint density at radius 1 is 1.08 bits per heavy atom. The van der Waals surface area contributed by atoms with Crippen LogP contribution in [0.1, 0.15) is 22.3 Å². The predicted octanol–water partition coefficient (Wildman–Crippen LogP) is 1.97. The van der Waals surface area contributed by atoms with Crippen LogP contribution in [-0.2, 0) is 4.79 Å². The standard InChI is InChI=1S/C18H19N3O3/c1-24-16-9-7-14(8-10-16)13-20-21-17(22)11-12-19-18(23)15-5-3-2-4-6-15/h2-10,13H,11-12H2,1H3,(H,19,23)(H,21,22). The van der Waals surface area contributed by atoms with E-state index in [1.165, 1.54) is 0 Å². The SMILES string of the molecule is COc1ccc(C=NNC(=O)CCNC(=O)c2ccccc2)cc1. The van der Waals surface area contributed by atoms with Crippen molar-refractivity contribution in [3.05, 3.63) is 65.7 Å². The van der Waals surface area contributed by atoms with Crippen LogP contribution in [0.4, 0.5) is 0 Å². The Balaban J connectivity index is 1.69. The molecule has 124 valence electrons. The Hall–Kier alpha value is -3.15. The quantitative estimate of drug-likeness (QED) is 0.603. The summed E-state index contributed by atoms with van der Waals surface area (Å²) in [6, 6.07) is 16.1. The lowest BCUT2D eigenvalue weighted by Gasteiger charge is -2.04. The Labute approximate surface area is 140 Å². The predicted molar refractivity (Wildman–Crippen MR) is 92.1 cm³/mol. The van der Waals surface area contributed by atoms with Gasteiger partial charge in [0.05, 0.1) is 13.3 Å². The molecule has 0 aliphatic carbocycles. The number of carbonyl (C=O) groups excluding carboxylic acids is 2. The third kappa shape index (κ3) is 5.57. The maximum atomic E-state index is 11.8. The molecule has 2 rings (SSSR count). The fraction of sp³-hybridized carbons (Fsp3) is 0.167. The molecular formula is C18H19N3O3. The van der Waals surface area contributed by atoms with Crippen molar-refractivity contribution in [2.75, 3.05) is 13.7 Å². The molecule has 0 spiro atoms. The van der Waals surface area contributed by atoms with E-state index < -0.39 is 0 Å². The van der Waals surface area contributed by atoms with E-state index in [1.54, 1.807) is 37.6 Å². The van der Waals surface area contributed by atoms with Crippen molar-refractivity contribution in [1.82, 2.24) is 10.7 Å². The van der Waals surface area contributed by atoms with Crippen molar-refractivity contribution >= 4 is 18.0 Å². The highest BCUT2D eigenvalue weighted by molar-refractivity contribution is 5.94. The fourth-order valence-corrected chi connectivity index (χ4v) is 1.91. The number of benzene rings is 2. The van der Waals surface area contributed by atoms with Crippen molar-refractivity contribution in [1.29, 1.82) is 0 Å². The van der Waals surface area contributed by atoms with Crippen molar-refractivity contribution in [3.8, 4) is 5.75 Å². The van der Waals surface area contributed by atoms with Crippen LogP contribution in [0.5, 0.6) is 5.75 Å². The maximum Gasteiger partial charge on any atom is 0.251 e. The van der Waals surface area contributed by atoms with Crippen LogP contribution in [0, 0.1) is 0 Å². The average molecular weight is 325 g/mol. The molecule has 2 aromatic carbocycles. The van der Waals surface area contributed by atoms with Gasteiger partial charge in [0.1, 0.15) is 5.75 Å². The molecule has 0 radical (unpaired) electrons. The zero-order valence-electron chi connectivity index (χ0n) is 13.4. The van der Waals surface area contributed by atoms with Crippen molar-refractivity contribution in [2.24, 2.45) is 5.10 Å². The van der Waals surface area contributed by atoms with E-state index in [9.17, 15) is 9.59 Å². The summed E-state index contributed by atoms with van der Waals surface area (Å²) in [6.07, 6.45) is 1.69. The topological polar surface area (TPSA) is 79.8 Å². The highest BCUT2D eigenvalue weighted by atomic mass is 16.5. The minimum Gasteiger partial charge on any atom is -0.497 e. The highest BCUT2D eigenvalue weighted by Crippen LogP contribution is 2.09. The number of nitrogens with one attached hydrogen (secondary N) is 2. The molecule has 0 saturated heterocycles. The molecule has 0 bridgehead atoms. The molecule has 2 aromatic rings. The molecule has 0 saturated carbocycles. The molecule has 6 nitrogen and oxygen atoms in total. The molecule has 0 heterocycles. The molecule has 0 atom stereocenters. The first-order valence-corrected chi connectivity index (χ1v) is 7.48. The van der Waals surface area contributed by atoms with Crippen LogP contribution in [-0.4, -0.2) is 31.7 Å². The lowest BCUT2D eigenvalue weighted by molar-refractivity contribution is -0.120. The van der Waals surface area contributed by atoms with E-state index in [1.807, 2.05) is 30.3 Å². The molecular weight excluding hydrogens is 306 g/mol. The van der Waals surface area contributed by atoms with Gasteiger partial charge in [-0.15, -0.1) is 0 Å². The Morgan fingerprint density at radius 2 is 1.79 bits per heavy atom. The molecule has 0 unspecified atom stereocenters. The summed E-state index contributed by atoms with van der Waals surface area (Å²) in [4.78, 5) is 23.5. The zero-order chi connectivity index (χ0) is 17.2. The maximum absolute atomic E-state index is 11.8. The van der Waals surface area contributed by atoms with E-state index >= 15 is 0 Å². The van der Waals surface area contributed by atoms with Crippen LogP contribution in [0.25, 0.3) is 0 Å². The third-order valence-corrected chi connectivity index (χ3v) is 3.19. The zero-order valence-corrected chi connectivity index (χ0v) is 13.4. The van der Waals surface area contributed by atoms with Crippen molar-refractivity contribution in [2.45, 2.75) is 6.42 Å². The van der Waals surface area contributed by atoms with E-state index in [0.717, 1.165) is 11.3 Å². The van der Waals surface area contributed by atoms with Gasteiger partial charge in [-0.25, -0.2) is 5.43 Å². The summed E-state index contributed by atoms with van der Waals surface area (Å²) >= 11 is 0. The number of ether oxygens (including phenoxy) is 1. The molecule has 0 aliphatic heterocycles. The minimum atomic E-state index is -0.270. The molecule has 2 N–H and O–H groups in total. The number of amides is 2. The summed E-state index contributed by atoms with van der Waals surface area (Å²) in [5, 5.41) is 6.56. The largest absolute Gasteiger partial charge is 0.497 e. The van der Waals surface area contributed by atoms with Crippen molar-refractivity contribution in [3.63, 3.8) is 0 Å². The summed E-state index contributed by atoms with van der Waals surface area (Å²) in [7, 11) is 1.60. The second-order valence-corrected chi connectivity index (χ2v) is 4.94. The smallest absolute Gasteiger partial charge is 0.251 e. The summed E-state index contributed by atoms with van der Waals surface area (Å²) in [5.41, 5.74) is 3.83. The van der Waals surface area contributed by atoms with Crippen LogP contribution in [0.15, 0.2) is 59.7 Å². The number of hydrogen-bond donors (Lipinski definition) is 2. The lowest BCUT2D eigenvalue weighted by Crippen LogP contribution is -2.28. The van der Waals surface area contributed by atoms with Crippen LogP contribution < -0.4 is 15.5 Å². The Kier molecular flexibility index (Phi) is 6.52. The number of nitrogens with zero attached hydrogens (tertiary/aromatic N) is 1.